The van der Waals surface area contributed by atoms with Crippen LogP contribution in [0.15, 0.2) is 12.5 Å². The maximum atomic E-state index is 5.64. The molecule has 2 aromatic rings. The van der Waals surface area contributed by atoms with Gasteiger partial charge in [0.05, 0.1) is 12.5 Å². The number of hydrogen-bond acceptors (Lipinski definition) is 5. The van der Waals surface area contributed by atoms with E-state index in [4.69, 9.17) is 10.8 Å². The molecule has 0 bridgehead atoms. The van der Waals surface area contributed by atoms with Crippen molar-refractivity contribution >= 4 is 5.82 Å². The summed E-state index contributed by atoms with van der Waals surface area (Å²) >= 11 is 0. The zero-order valence-corrected chi connectivity index (χ0v) is 11.3. The van der Waals surface area contributed by atoms with Crippen LogP contribution >= 0.6 is 0 Å². The predicted molar refractivity (Wildman–Crippen MR) is 76.0 cm³/mol. The Bertz CT molecular complexity index is 626. The van der Waals surface area contributed by atoms with Gasteiger partial charge in [-0.1, -0.05) is 0 Å². The molecule has 0 spiro atoms. The lowest BCUT2D eigenvalue weighted by atomic mass is 9.96. The minimum atomic E-state index is 0.571. The van der Waals surface area contributed by atoms with E-state index in [9.17, 15) is 0 Å². The Labute approximate surface area is 117 Å². The Kier molecular flexibility index (Phi) is 2.70. The SMILES string of the molecule is NNc1nc(-c2cncn2C2CC2)nc2c1CCCC2. The Hall–Kier alpha value is -1.95. The van der Waals surface area contributed by atoms with E-state index in [0.717, 1.165) is 35.9 Å². The molecule has 2 aromatic heterocycles. The minimum Gasteiger partial charge on any atom is -0.325 e. The summed E-state index contributed by atoms with van der Waals surface area (Å²) in [5.74, 6) is 7.15. The average molecular weight is 270 g/mol. The Balaban J connectivity index is 1.83. The summed E-state index contributed by atoms with van der Waals surface area (Å²) in [7, 11) is 0. The highest BCUT2D eigenvalue weighted by Crippen LogP contribution is 2.38. The molecule has 0 saturated heterocycles. The number of anilines is 1. The number of nitrogens with one attached hydrogen (secondary N) is 1. The molecular formula is C14H18N6. The van der Waals surface area contributed by atoms with Crippen LogP contribution in [0.4, 0.5) is 5.82 Å². The van der Waals surface area contributed by atoms with Crippen molar-refractivity contribution < 1.29 is 0 Å². The third-order valence-electron chi connectivity index (χ3n) is 4.16. The number of aromatic nitrogens is 4. The Morgan fingerprint density at radius 1 is 1.20 bits per heavy atom. The molecule has 2 heterocycles. The van der Waals surface area contributed by atoms with E-state index in [0.29, 0.717) is 6.04 Å². The van der Waals surface area contributed by atoms with Gasteiger partial charge in [0, 0.05) is 17.3 Å². The van der Waals surface area contributed by atoms with Crippen molar-refractivity contribution in [3.63, 3.8) is 0 Å². The van der Waals surface area contributed by atoms with Crippen molar-refractivity contribution in [2.24, 2.45) is 5.84 Å². The number of hydrogen-bond donors (Lipinski definition) is 2. The molecule has 0 radical (unpaired) electrons. The minimum absolute atomic E-state index is 0.571. The van der Waals surface area contributed by atoms with Gasteiger partial charge in [0.2, 0.25) is 0 Å². The van der Waals surface area contributed by atoms with E-state index in [1.165, 1.54) is 31.2 Å². The van der Waals surface area contributed by atoms with Gasteiger partial charge in [-0.3, -0.25) is 0 Å². The van der Waals surface area contributed by atoms with Gasteiger partial charge in [-0.15, -0.1) is 0 Å². The number of rotatable bonds is 3. The maximum absolute atomic E-state index is 5.64. The van der Waals surface area contributed by atoms with Crippen LogP contribution in [0.1, 0.15) is 43.0 Å². The van der Waals surface area contributed by atoms with Gasteiger partial charge in [-0.25, -0.2) is 20.8 Å². The van der Waals surface area contributed by atoms with Crippen molar-refractivity contribution in [1.29, 1.82) is 0 Å². The van der Waals surface area contributed by atoms with Crippen molar-refractivity contribution in [1.82, 2.24) is 19.5 Å². The van der Waals surface area contributed by atoms with Crippen molar-refractivity contribution in [3.05, 3.63) is 23.8 Å². The summed E-state index contributed by atoms with van der Waals surface area (Å²) in [6.07, 6.45) is 10.6. The lowest BCUT2D eigenvalue weighted by Gasteiger charge is -2.18. The quantitative estimate of drug-likeness (QED) is 0.657. The van der Waals surface area contributed by atoms with Crippen LogP contribution in [0.3, 0.4) is 0 Å². The van der Waals surface area contributed by atoms with Crippen molar-refractivity contribution in [2.75, 3.05) is 5.43 Å². The molecule has 0 atom stereocenters. The van der Waals surface area contributed by atoms with Crippen LogP contribution in [-0.2, 0) is 12.8 Å². The molecule has 6 nitrogen and oxygen atoms in total. The zero-order chi connectivity index (χ0) is 13.5. The molecule has 3 N–H and O–H groups in total. The molecule has 2 aliphatic carbocycles. The predicted octanol–water partition coefficient (Wildman–Crippen LogP) is 1.84. The van der Waals surface area contributed by atoms with Gasteiger partial charge < -0.3 is 9.99 Å². The molecular weight excluding hydrogens is 252 g/mol. The smallest absolute Gasteiger partial charge is 0.180 e. The van der Waals surface area contributed by atoms with E-state index in [1.807, 2.05) is 12.5 Å². The van der Waals surface area contributed by atoms with Gasteiger partial charge in [0.15, 0.2) is 5.82 Å². The first-order chi connectivity index (χ1) is 9.86. The first kappa shape index (κ1) is 11.8. The Morgan fingerprint density at radius 3 is 2.85 bits per heavy atom. The highest BCUT2D eigenvalue weighted by molar-refractivity contribution is 5.57. The second kappa shape index (κ2) is 4.56. The van der Waals surface area contributed by atoms with Crippen LogP contribution in [-0.4, -0.2) is 19.5 Å². The van der Waals surface area contributed by atoms with E-state index >= 15 is 0 Å². The molecule has 0 amide bonds. The standard InChI is InChI=1S/C14H18N6/c15-19-13-10-3-1-2-4-11(10)17-14(18-13)12-7-16-8-20(12)9-5-6-9/h7-9H,1-6,15H2,(H,17,18,19). The monoisotopic (exact) mass is 270 g/mol. The number of nitrogens with two attached hydrogens (primary N) is 1. The lowest BCUT2D eigenvalue weighted by molar-refractivity contribution is 0.663. The van der Waals surface area contributed by atoms with Crippen LogP contribution < -0.4 is 11.3 Å². The summed E-state index contributed by atoms with van der Waals surface area (Å²) in [5, 5.41) is 0. The van der Waals surface area contributed by atoms with Gasteiger partial charge in [0.1, 0.15) is 11.5 Å². The van der Waals surface area contributed by atoms with E-state index in [-0.39, 0.29) is 0 Å². The Morgan fingerprint density at radius 2 is 2.05 bits per heavy atom. The van der Waals surface area contributed by atoms with Crippen LogP contribution in [0.2, 0.25) is 0 Å². The largest absolute Gasteiger partial charge is 0.325 e. The number of aryl methyl sites for hydroxylation is 1. The van der Waals surface area contributed by atoms with Gasteiger partial charge in [-0.05, 0) is 38.5 Å². The molecule has 0 aromatic carbocycles. The molecule has 6 heteroatoms. The fourth-order valence-corrected chi connectivity index (χ4v) is 2.95. The molecule has 20 heavy (non-hydrogen) atoms. The summed E-state index contributed by atoms with van der Waals surface area (Å²) in [6, 6.07) is 0.571. The third kappa shape index (κ3) is 1.87. The summed E-state index contributed by atoms with van der Waals surface area (Å²) < 4.78 is 2.19. The fourth-order valence-electron chi connectivity index (χ4n) is 2.95. The normalized spacial score (nSPS) is 17.9. The van der Waals surface area contributed by atoms with Gasteiger partial charge in [-0.2, -0.15) is 0 Å². The number of nitrogen functional groups attached to an aromatic ring is 1. The average Bonchev–Trinajstić information content (AvgIpc) is 3.23. The van der Waals surface area contributed by atoms with Crippen LogP contribution in [0.5, 0.6) is 0 Å². The zero-order valence-electron chi connectivity index (χ0n) is 11.3. The summed E-state index contributed by atoms with van der Waals surface area (Å²) in [6.45, 7) is 0. The number of nitrogens with zero attached hydrogens (tertiary/aromatic N) is 4. The van der Waals surface area contributed by atoms with Crippen LogP contribution in [0, 0.1) is 0 Å². The third-order valence-corrected chi connectivity index (χ3v) is 4.16. The van der Waals surface area contributed by atoms with Crippen LogP contribution in [0.25, 0.3) is 11.5 Å². The lowest BCUT2D eigenvalue weighted by Crippen LogP contribution is -2.17. The van der Waals surface area contributed by atoms with Gasteiger partial charge in [0.25, 0.3) is 0 Å². The molecule has 0 unspecified atom stereocenters. The second-order valence-electron chi connectivity index (χ2n) is 5.59. The molecule has 1 saturated carbocycles. The van der Waals surface area contributed by atoms with E-state index in [2.05, 4.69) is 20.0 Å². The first-order valence-corrected chi connectivity index (χ1v) is 7.25. The highest BCUT2D eigenvalue weighted by Gasteiger charge is 2.27. The first-order valence-electron chi connectivity index (χ1n) is 7.25. The summed E-state index contributed by atoms with van der Waals surface area (Å²) in [5.41, 5.74) is 6.06. The molecule has 4 rings (SSSR count). The van der Waals surface area contributed by atoms with E-state index in [1.54, 1.807) is 0 Å². The van der Waals surface area contributed by atoms with E-state index < -0.39 is 0 Å². The highest BCUT2D eigenvalue weighted by atomic mass is 15.3. The number of hydrazine groups is 1. The van der Waals surface area contributed by atoms with Crippen molar-refractivity contribution in [3.8, 4) is 11.5 Å². The molecule has 1 fully saturated rings. The topological polar surface area (TPSA) is 81.6 Å². The molecule has 2 aliphatic rings. The molecule has 104 valence electrons. The van der Waals surface area contributed by atoms with Crippen molar-refractivity contribution in [2.45, 2.75) is 44.6 Å². The second-order valence-corrected chi connectivity index (χ2v) is 5.59. The summed E-state index contributed by atoms with van der Waals surface area (Å²) in [4.78, 5) is 13.6. The fraction of sp³-hybridized carbons (Fsp3) is 0.500. The number of imidazole rings is 1. The number of fused-ring (bicyclic) bond motifs is 1. The van der Waals surface area contributed by atoms with Gasteiger partial charge >= 0.3 is 0 Å². The molecule has 0 aliphatic heterocycles. The maximum Gasteiger partial charge on any atom is 0.180 e.